The summed E-state index contributed by atoms with van der Waals surface area (Å²) in [5.74, 6) is -0.908. The lowest BCUT2D eigenvalue weighted by atomic mass is 10.2. The lowest BCUT2D eigenvalue weighted by Crippen LogP contribution is -2.05. The van der Waals surface area contributed by atoms with Gasteiger partial charge in [-0.05, 0) is 26.2 Å². The molecule has 1 heterocycles. The Balaban J connectivity index is 3.38. The van der Waals surface area contributed by atoms with E-state index in [0.29, 0.717) is 11.3 Å². The molecule has 13 heavy (non-hydrogen) atoms. The average molecular weight is 197 g/mol. The van der Waals surface area contributed by atoms with Crippen molar-refractivity contribution in [1.82, 2.24) is 4.98 Å². The fourth-order valence-corrected chi connectivity index (χ4v) is 1.94. The Morgan fingerprint density at radius 1 is 1.54 bits per heavy atom. The largest absolute Gasteiger partial charge is 0.478 e. The van der Waals surface area contributed by atoms with E-state index in [9.17, 15) is 4.79 Å². The Kier molecular flexibility index (Phi) is 2.93. The van der Waals surface area contributed by atoms with Crippen LogP contribution in [0.2, 0.25) is 0 Å². The number of hydrogen-bond acceptors (Lipinski definition) is 3. The fourth-order valence-electron chi connectivity index (χ4n) is 1.21. The molecule has 1 aromatic heterocycles. The monoisotopic (exact) mass is 197 g/mol. The highest BCUT2D eigenvalue weighted by Gasteiger charge is 2.14. The lowest BCUT2D eigenvalue weighted by Gasteiger charge is -2.06. The molecule has 0 amide bonds. The van der Waals surface area contributed by atoms with Gasteiger partial charge in [0.2, 0.25) is 0 Å². The zero-order chi connectivity index (χ0) is 10.0. The Bertz CT molecular complexity index is 350. The number of nitrogens with zero attached hydrogens (tertiary/aromatic N) is 1. The van der Waals surface area contributed by atoms with Crippen molar-refractivity contribution in [2.24, 2.45) is 0 Å². The van der Waals surface area contributed by atoms with Gasteiger partial charge in [-0.2, -0.15) is 0 Å². The first kappa shape index (κ1) is 10.1. The molecule has 0 bridgehead atoms. The maximum Gasteiger partial charge on any atom is 0.338 e. The number of carboxylic acid groups (broad SMARTS) is 1. The number of carboxylic acids is 1. The van der Waals surface area contributed by atoms with Gasteiger partial charge in [0.15, 0.2) is 0 Å². The number of aromatic nitrogens is 1. The molecule has 0 aliphatic rings. The molecule has 4 heteroatoms. The molecule has 0 saturated carbocycles. The van der Waals surface area contributed by atoms with E-state index in [4.69, 9.17) is 5.11 Å². The first-order chi connectivity index (χ1) is 6.06. The topological polar surface area (TPSA) is 50.2 Å². The number of pyridine rings is 1. The number of rotatable bonds is 2. The van der Waals surface area contributed by atoms with E-state index in [1.54, 1.807) is 13.0 Å². The van der Waals surface area contributed by atoms with Gasteiger partial charge >= 0.3 is 5.97 Å². The van der Waals surface area contributed by atoms with Crippen LogP contribution in [0, 0.1) is 13.8 Å². The van der Waals surface area contributed by atoms with Crippen molar-refractivity contribution < 1.29 is 9.90 Å². The fraction of sp³-hybridized carbons (Fsp3) is 0.333. The zero-order valence-electron chi connectivity index (χ0n) is 7.79. The van der Waals surface area contributed by atoms with E-state index in [1.807, 2.05) is 13.2 Å². The van der Waals surface area contributed by atoms with Crippen molar-refractivity contribution in [2.75, 3.05) is 6.26 Å². The second kappa shape index (κ2) is 3.79. The smallest absolute Gasteiger partial charge is 0.338 e. The van der Waals surface area contributed by atoms with Crippen LogP contribution < -0.4 is 0 Å². The number of aryl methyl sites for hydroxylation is 2. The summed E-state index contributed by atoms with van der Waals surface area (Å²) in [6.45, 7) is 3.58. The molecule has 0 saturated heterocycles. The molecule has 0 aromatic carbocycles. The first-order valence-corrected chi connectivity index (χ1v) is 5.04. The maximum absolute atomic E-state index is 10.9. The molecule has 0 radical (unpaired) electrons. The molecule has 0 unspecified atom stereocenters. The van der Waals surface area contributed by atoms with Gasteiger partial charge in [0, 0.05) is 10.6 Å². The third kappa shape index (κ3) is 2.01. The van der Waals surface area contributed by atoms with Gasteiger partial charge in [-0.3, -0.25) is 4.98 Å². The van der Waals surface area contributed by atoms with Crippen molar-refractivity contribution in [2.45, 2.75) is 18.7 Å². The van der Waals surface area contributed by atoms with Crippen LogP contribution >= 0.6 is 11.8 Å². The number of hydrogen-bond donors (Lipinski definition) is 1. The van der Waals surface area contributed by atoms with Gasteiger partial charge in [0.25, 0.3) is 0 Å². The van der Waals surface area contributed by atoms with Crippen LogP contribution in [-0.2, 0) is 0 Å². The second-order valence-electron chi connectivity index (χ2n) is 2.73. The van der Waals surface area contributed by atoms with Gasteiger partial charge in [-0.15, -0.1) is 11.8 Å². The molecule has 0 aliphatic carbocycles. The summed E-state index contributed by atoms with van der Waals surface area (Å²) < 4.78 is 0. The van der Waals surface area contributed by atoms with Crippen molar-refractivity contribution in [3.05, 3.63) is 23.0 Å². The van der Waals surface area contributed by atoms with Gasteiger partial charge in [-0.25, -0.2) is 4.79 Å². The molecular formula is C9H11NO2S. The number of thioether (sulfide) groups is 1. The van der Waals surface area contributed by atoms with Gasteiger partial charge in [-0.1, -0.05) is 0 Å². The minimum Gasteiger partial charge on any atom is -0.478 e. The molecular weight excluding hydrogens is 186 g/mol. The second-order valence-corrected chi connectivity index (χ2v) is 3.58. The first-order valence-electron chi connectivity index (χ1n) is 3.81. The summed E-state index contributed by atoms with van der Waals surface area (Å²) in [6, 6.07) is 1.79. The van der Waals surface area contributed by atoms with Crippen LogP contribution in [-0.4, -0.2) is 22.3 Å². The highest BCUT2D eigenvalue weighted by Crippen LogP contribution is 2.23. The van der Waals surface area contributed by atoms with E-state index in [2.05, 4.69) is 4.98 Å². The molecule has 3 nitrogen and oxygen atoms in total. The third-order valence-corrected chi connectivity index (χ3v) is 2.49. The van der Waals surface area contributed by atoms with Crippen molar-refractivity contribution >= 4 is 17.7 Å². The van der Waals surface area contributed by atoms with Crippen LogP contribution in [0.25, 0.3) is 0 Å². The zero-order valence-corrected chi connectivity index (χ0v) is 8.60. The highest BCUT2D eigenvalue weighted by molar-refractivity contribution is 7.98. The van der Waals surface area contributed by atoms with Crippen LogP contribution in [0.5, 0.6) is 0 Å². The molecule has 0 fully saturated rings. The quantitative estimate of drug-likeness (QED) is 0.738. The predicted molar refractivity (Wildman–Crippen MR) is 52.5 cm³/mol. The SMILES string of the molecule is CSc1cc(C)nc(C)c1C(=O)O. The van der Waals surface area contributed by atoms with E-state index in [0.717, 1.165) is 10.6 Å². The van der Waals surface area contributed by atoms with Crippen molar-refractivity contribution in [3.8, 4) is 0 Å². The third-order valence-electron chi connectivity index (χ3n) is 1.73. The molecule has 1 aromatic rings. The molecule has 0 spiro atoms. The van der Waals surface area contributed by atoms with Gasteiger partial charge in [0.1, 0.15) is 0 Å². The molecule has 0 aliphatic heterocycles. The maximum atomic E-state index is 10.9. The Morgan fingerprint density at radius 3 is 2.62 bits per heavy atom. The van der Waals surface area contributed by atoms with E-state index < -0.39 is 5.97 Å². The van der Waals surface area contributed by atoms with Gasteiger partial charge < -0.3 is 5.11 Å². The Hall–Kier alpha value is -1.03. The molecule has 1 rings (SSSR count). The predicted octanol–water partition coefficient (Wildman–Crippen LogP) is 2.12. The summed E-state index contributed by atoms with van der Waals surface area (Å²) in [7, 11) is 0. The van der Waals surface area contributed by atoms with E-state index in [-0.39, 0.29) is 0 Å². The summed E-state index contributed by atoms with van der Waals surface area (Å²) in [5.41, 5.74) is 1.75. The summed E-state index contributed by atoms with van der Waals surface area (Å²) in [5, 5.41) is 8.92. The molecule has 0 atom stereocenters. The Morgan fingerprint density at radius 2 is 2.15 bits per heavy atom. The summed E-state index contributed by atoms with van der Waals surface area (Å²) >= 11 is 1.43. The lowest BCUT2D eigenvalue weighted by molar-refractivity contribution is 0.0691. The van der Waals surface area contributed by atoms with Crippen LogP contribution in [0.3, 0.4) is 0 Å². The van der Waals surface area contributed by atoms with Crippen molar-refractivity contribution in [1.29, 1.82) is 0 Å². The van der Waals surface area contributed by atoms with E-state index in [1.165, 1.54) is 11.8 Å². The normalized spacial score (nSPS) is 10.1. The Labute approximate surface area is 81.2 Å². The minimum absolute atomic E-state index is 0.318. The summed E-state index contributed by atoms with van der Waals surface area (Å²) in [6.07, 6.45) is 1.86. The minimum atomic E-state index is -0.908. The average Bonchev–Trinajstić information content (AvgIpc) is 2.01. The van der Waals surface area contributed by atoms with Gasteiger partial charge in [0.05, 0.1) is 11.3 Å². The summed E-state index contributed by atoms with van der Waals surface area (Å²) in [4.78, 5) is 15.7. The number of aromatic carboxylic acids is 1. The standard InChI is InChI=1S/C9H11NO2S/c1-5-4-7(13-3)8(9(11)12)6(2)10-5/h4H,1-3H3,(H,11,12). The molecule has 70 valence electrons. The van der Waals surface area contributed by atoms with E-state index >= 15 is 0 Å². The highest BCUT2D eigenvalue weighted by atomic mass is 32.2. The van der Waals surface area contributed by atoms with Crippen LogP contribution in [0.1, 0.15) is 21.7 Å². The van der Waals surface area contributed by atoms with Crippen LogP contribution in [0.15, 0.2) is 11.0 Å². The molecule has 1 N–H and O–H groups in total. The number of carbonyl (C=O) groups is 1. The van der Waals surface area contributed by atoms with Crippen molar-refractivity contribution in [3.63, 3.8) is 0 Å². The van der Waals surface area contributed by atoms with Crippen LogP contribution in [0.4, 0.5) is 0 Å².